The summed E-state index contributed by atoms with van der Waals surface area (Å²) in [4.78, 5) is 2.53. The number of ether oxygens (including phenoxy) is 1. The molecule has 1 unspecified atom stereocenters. The van der Waals surface area contributed by atoms with E-state index < -0.39 is 0 Å². The molecule has 0 bridgehead atoms. The van der Waals surface area contributed by atoms with E-state index in [1.165, 1.54) is 28.0 Å². The van der Waals surface area contributed by atoms with Gasteiger partial charge in [-0.05, 0) is 42.5 Å². The van der Waals surface area contributed by atoms with Gasteiger partial charge in [0, 0.05) is 18.8 Å². The second-order valence-electron chi connectivity index (χ2n) is 6.99. The van der Waals surface area contributed by atoms with E-state index in [9.17, 15) is 0 Å². The number of fused-ring (bicyclic) bond motifs is 1. The summed E-state index contributed by atoms with van der Waals surface area (Å²) in [6.45, 7) is 8.24. The van der Waals surface area contributed by atoms with E-state index >= 15 is 0 Å². The van der Waals surface area contributed by atoms with Crippen LogP contribution in [-0.4, -0.2) is 31.2 Å². The molecular formula is C22H25NO. The van der Waals surface area contributed by atoms with Crippen LogP contribution in [0.2, 0.25) is 0 Å². The highest BCUT2D eigenvalue weighted by Gasteiger charge is 2.40. The fourth-order valence-electron chi connectivity index (χ4n) is 4.40. The average molecular weight is 319 g/mol. The number of rotatable bonds is 2. The Hall–Kier alpha value is -2.06. The van der Waals surface area contributed by atoms with Crippen molar-refractivity contribution in [2.24, 2.45) is 0 Å². The molecule has 1 atom stereocenters. The Bertz CT molecular complexity index is 773. The van der Waals surface area contributed by atoms with Gasteiger partial charge >= 0.3 is 0 Å². The zero-order valence-electron chi connectivity index (χ0n) is 14.6. The van der Waals surface area contributed by atoms with Crippen LogP contribution in [0.4, 0.5) is 0 Å². The van der Waals surface area contributed by atoms with Crippen molar-refractivity contribution in [3.05, 3.63) is 82.6 Å². The third-order valence-electron chi connectivity index (χ3n) is 5.62. The molecule has 2 aromatic carbocycles. The Morgan fingerprint density at radius 3 is 2.33 bits per heavy atom. The van der Waals surface area contributed by atoms with Crippen molar-refractivity contribution in [1.29, 1.82) is 0 Å². The highest BCUT2D eigenvalue weighted by molar-refractivity contribution is 5.55. The predicted molar refractivity (Wildman–Crippen MR) is 98.3 cm³/mol. The molecule has 1 aliphatic carbocycles. The monoisotopic (exact) mass is 319 g/mol. The van der Waals surface area contributed by atoms with Crippen molar-refractivity contribution < 1.29 is 4.74 Å². The maximum Gasteiger partial charge on any atom is 0.0642 e. The summed E-state index contributed by atoms with van der Waals surface area (Å²) >= 11 is 0. The minimum absolute atomic E-state index is 0.0997. The van der Waals surface area contributed by atoms with E-state index in [4.69, 9.17) is 4.74 Å². The van der Waals surface area contributed by atoms with Gasteiger partial charge in [0.05, 0.1) is 18.6 Å². The van der Waals surface area contributed by atoms with Gasteiger partial charge in [-0.1, -0.05) is 54.6 Å². The van der Waals surface area contributed by atoms with Gasteiger partial charge in [0.2, 0.25) is 0 Å². The lowest BCUT2D eigenvalue weighted by molar-refractivity contribution is 0.0481. The number of nitrogens with zero attached hydrogens (tertiary/aromatic N) is 1. The first-order valence-corrected chi connectivity index (χ1v) is 8.89. The molecule has 1 heterocycles. The molecule has 1 fully saturated rings. The Morgan fingerprint density at radius 2 is 1.58 bits per heavy atom. The molecule has 2 nitrogen and oxygen atoms in total. The van der Waals surface area contributed by atoms with E-state index in [0.717, 1.165) is 32.7 Å². The van der Waals surface area contributed by atoms with Crippen LogP contribution >= 0.6 is 0 Å². The SMILES string of the molecule is Cc1ccccc1C1(C)C(N2CCOCC2)=CCc2ccccc21. The number of hydrogen-bond donors (Lipinski definition) is 0. The maximum absolute atomic E-state index is 5.59. The number of aryl methyl sites for hydroxylation is 1. The quantitative estimate of drug-likeness (QED) is 0.827. The lowest BCUT2D eigenvalue weighted by Crippen LogP contribution is -2.45. The van der Waals surface area contributed by atoms with Crippen molar-refractivity contribution in [2.45, 2.75) is 25.7 Å². The third kappa shape index (κ3) is 2.37. The molecule has 0 N–H and O–H groups in total. The lowest BCUT2D eigenvalue weighted by Gasteiger charge is -2.45. The summed E-state index contributed by atoms with van der Waals surface area (Å²) in [6.07, 6.45) is 3.46. The van der Waals surface area contributed by atoms with Crippen molar-refractivity contribution in [1.82, 2.24) is 4.90 Å². The van der Waals surface area contributed by atoms with E-state index in [1.54, 1.807) is 0 Å². The van der Waals surface area contributed by atoms with Gasteiger partial charge in [0.15, 0.2) is 0 Å². The van der Waals surface area contributed by atoms with Crippen LogP contribution in [0, 0.1) is 6.92 Å². The highest BCUT2D eigenvalue weighted by Crippen LogP contribution is 2.46. The third-order valence-corrected chi connectivity index (χ3v) is 5.62. The zero-order chi connectivity index (χ0) is 16.6. The molecule has 0 saturated carbocycles. The van der Waals surface area contributed by atoms with Crippen molar-refractivity contribution in [2.75, 3.05) is 26.3 Å². The van der Waals surface area contributed by atoms with Crippen molar-refractivity contribution >= 4 is 0 Å². The summed E-state index contributed by atoms with van der Waals surface area (Å²) in [5, 5.41) is 0. The van der Waals surface area contributed by atoms with E-state index in [-0.39, 0.29) is 5.41 Å². The molecule has 2 aromatic rings. The molecule has 1 aliphatic heterocycles. The van der Waals surface area contributed by atoms with Crippen LogP contribution in [0.25, 0.3) is 0 Å². The summed E-state index contributed by atoms with van der Waals surface area (Å²) in [6, 6.07) is 17.8. The first-order chi connectivity index (χ1) is 11.7. The number of benzene rings is 2. The van der Waals surface area contributed by atoms with Crippen LogP contribution in [0.3, 0.4) is 0 Å². The summed E-state index contributed by atoms with van der Waals surface area (Å²) in [7, 11) is 0. The van der Waals surface area contributed by atoms with Crippen molar-refractivity contribution in [3.63, 3.8) is 0 Å². The number of hydrogen-bond acceptors (Lipinski definition) is 2. The average Bonchev–Trinajstić information content (AvgIpc) is 2.63. The number of allylic oxidation sites excluding steroid dienone is 2. The van der Waals surface area contributed by atoms with Gasteiger partial charge in [0.1, 0.15) is 0 Å². The molecule has 0 aromatic heterocycles. The van der Waals surface area contributed by atoms with Crippen molar-refractivity contribution in [3.8, 4) is 0 Å². The molecule has 2 heteroatoms. The lowest BCUT2D eigenvalue weighted by atomic mass is 9.67. The molecule has 0 spiro atoms. The molecule has 0 amide bonds. The fraction of sp³-hybridized carbons (Fsp3) is 0.364. The van der Waals surface area contributed by atoms with Crippen LogP contribution in [0.1, 0.15) is 29.2 Å². The van der Waals surface area contributed by atoms with Crippen LogP contribution in [-0.2, 0) is 16.6 Å². The Balaban J connectivity index is 1.90. The molecule has 124 valence electrons. The topological polar surface area (TPSA) is 12.5 Å². The molecule has 2 aliphatic rings. The van der Waals surface area contributed by atoms with Crippen LogP contribution in [0.5, 0.6) is 0 Å². The Morgan fingerprint density at radius 1 is 0.917 bits per heavy atom. The second kappa shape index (κ2) is 6.10. The summed E-state index contributed by atoms with van der Waals surface area (Å²) in [5.74, 6) is 0. The number of morpholine rings is 1. The largest absolute Gasteiger partial charge is 0.378 e. The highest BCUT2D eigenvalue weighted by atomic mass is 16.5. The van der Waals surface area contributed by atoms with E-state index in [1.807, 2.05) is 0 Å². The molecular weight excluding hydrogens is 294 g/mol. The van der Waals surface area contributed by atoms with Gasteiger partial charge in [-0.25, -0.2) is 0 Å². The second-order valence-corrected chi connectivity index (χ2v) is 6.99. The zero-order valence-corrected chi connectivity index (χ0v) is 14.6. The standard InChI is InChI=1S/C22H25NO/c1-17-7-3-5-9-19(17)22(2)20-10-6-4-8-18(20)11-12-21(22)23-13-15-24-16-14-23/h3-10,12H,11,13-16H2,1-2H3. The molecule has 0 radical (unpaired) electrons. The van der Waals surface area contributed by atoms with Crippen LogP contribution < -0.4 is 0 Å². The Kier molecular flexibility index (Phi) is 3.93. The molecule has 24 heavy (non-hydrogen) atoms. The smallest absolute Gasteiger partial charge is 0.0642 e. The van der Waals surface area contributed by atoms with Gasteiger partial charge in [-0.15, -0.1) is 0 Å². The van der Waals surface area contributed by atoms with E-state index in [0.29, 0.717) is 0 Å². The summed E-state index contributed by atoms with van der Waals surface area (Å²) in [5.41, 5.74) is 7.01. The molecule has 4 rings (SSSR count). The van der Waals surface area contributed by atoms with Crippen LogP contribution in [0.15, 0.2) is 60.3 Å². The van der Waals surface area contributed by atoms with E-state index in [2.05, 4.69) is 73.4 Å². The van der Waals surface area contributed by atoms with Gasteiger partial charge in [-0.2, -0.15) is 0 Å². The van der Waals surface area contributed by atoms with Gasteiger partial charge < -0.3 is 9.64 Å². The normalized spacial score (nSPS) is 23.6. The first kappa shape index (κ1) is 15.5. The Labute approximate surface area is 144 Å². The summed E-state index contributed by atoms with van der Waals surface area (Å²) < 4.78 is 5.59. The maximum atomic E-state index is 5.59. The minimum atomic E-state index is -0.0997. The minimum Gasteiger partial charge on any atom is -0.378 e. The van der Waals surface area contributed by atoms with Gasteiger partial charge in [0.25, 0.3) is 0 Å². The first-order valence-electron chi connectivity index (χ1n) is 8.89. The predicted octanol–water partition coefficient (Wildman–Crippen LogP) is 4.07. The fourth-order valence-corrected chi connectivity index (χ4v) is 4.40. The molecule has 1 saturated heterocycles. The van der Waals surface area contributed by atoms with Gasteiger partial charge in [-0.3, -0.25) is 0 Å².